The fraction of sp³-hybridized carbons (Fsp3) is 0.214. The van der Waals surface area contributed by atoms with Crippen LogP contribution in [0.4, 0.5) is 5.69 Å². The van der Waals surface area contributed by atoms with Gasteiger partial charge < -0.3 is 15.2 Å². The summed E-state index contributed by atoms with van der Waals surface area (Å²) < 4.78 is 4.57. The van der Waals surface area contributed by atoms with Crippen molar-refractivity contribution < 1.29 is 24.2 Å². The molecular weight excluding hydrogens is 262 g/mol. The number of carboxylic acid groups (broad SMARTS) is 1. The van der Waals surface area contributed by atoms with Gasteiger partial charge in [0.15, 0.2) is 0 Å². The Kier molecular flexibility index (Phi) is 5.02. The van der Waals surface area contributed by atoms with Crippen LogP contribution in [0.3, 0.4) is 0 Å². The first-order valence-corrected chi connectivity index (χ1v) is 5.77. The van der Waals surface area contributed by atoms with Gasteiger partial charge in [-0.15, -0.1) is 0 Å². The second kappa shape index (κ2) is 6.51. The molecule has 0 fully saturated rings. The summed E-state index contributed by atoms with van der Waals surface area (Å²) in [6, 6.07) is 6.18. The van der Waals surface area contributed by atoms with Crippen LogP contribution in [0.25, 0.3) is 0 Å². The van der Waals surface area contributed by atoms with Gasteiger partial charge in [0, 0.05) is 16.8 Å². The fourth-order valence-electron chi connectivity index (χ4n) is 1.40. The maximum absolute atomic E-state index is 11.9. The average molecular weight is 277 g/mol. The molecule has 106 valence electrons. The molecule has 0 aliphatic rings. The number of benzene rings is 1. The van der Waals surface area contributed by atoms with E-state index < -0.39 is 17.8 Å². The quantitative estimate of drug-likeness (QED) is 0.647. The lowest BCUT2D eigenvalue weighted by Gasteiger charge is -2.08. The first-order valence-electron chi connectivity index (χ1n) is 5.77. The van der Waals surface area contributed by atoms with Crippen LogP contribution in [0.1, 0.15) is 24.2 Å². The standard InChI is InChI=1S/C14H15NO5/c1-8(9(2)13(17)18)12(16)15-11-6-4-5-10(7-11)14(19)20-3/h4-7H,1-3H3,(H,15,16)(H,17,18)/b9-8-. The van der Waals surface area contributed by atoms with E-state index in [1.807, 2.05) is 0 Å². The van der Waals surface area contributed by atoms with Gasteiger partial charge in [0.05, 0.1) is 12.7 Å². The van der Waals surface area contributed by atoms with Crippen LogP contribution in [0.5, 0.6) is 0 Å². The van der Waals surface area contributed by atoms with E-state index in [0.717, 1.165) is 0 Å². The second-order valence-corrected chi connectivity index (χ2v) is 4.08. The molecule has 0 saturated heterocycles. The number of esters is 1. The Morgan fingerprint density at radius 3 is 2.35 bits per heavy atom. The lowest BCUT2D eigenvalue weighted by molar-refractivity contribution is -0.133. The van der Waals surface area contributed by atoms with Crippen LogP contribution in [0, 0.1) is 0 Å². The highest BCUT2D eigenvalue weighted by atomic mass is 16.5. The Hall–Kier alpha value is -2.63. The predicted molar refractivity (Wildman–Crippen MR) is 72.4 cm³/mol. The molecule has 0 bridgehead atoms. The van der Waals surface area contributed by atoms with Gasteiger partial charge in [0.1, 0.15) is 0 Å². The van der Waals surface area contributed by atoms with Gasteiger partial charge in [0.25, 0.3) is 5.91 Å². The van der Waals surface area contributed by atoms with Crippen molar-refractivity contribution in [3.05, 3.63) is 41.0 Å². The number of carbonyl (C=O) groups is 3. The van der Waals surface area contributed by atoms with Gasteiger partial charge in [-0.3, -0.25) is 4.79 Å². The van der Waals surface area contributed by atoms with Crippen molar-refractivity contribution in [2.45, 2.75) is 13.8 Å². The number of carbonyl (C=O) groups excluding carboxylic acids is 2. The zero-order chi connectivity index (χ0) is 15.3. The molecule has 1 aromatic rings. The minimum atomic E-state index is -1.15. The summed E-state index contributed by atoms with van der Waals surface area (Å²) in [7, 11) is 1.26. The molecule has 0 aliphatic heterocycles. The van der Waals surface area contributed by atoms with Crippen molar-refractivity contribution in [3.8, 4) is 0 Å². The Labute approximate surface area is 116 Å². The summed E-state index contributed by atoms with van der Waals surface area (Å²) in [5.41, 5.74) is 0.741. The number of hydrogen-bond donors (Lipinski definition) is 2. The first kappa shape index (κ1) is 15.4. The van der Waals surface area contributed by atoms with Crippen molar-refractivity contribution in [1.29, 1.82) is 0 Å². The maximum Gasteiger partial charge on any atom is 0.337 e. The van der Waals surface area contributed by atoms with Gasteiger partial charge in [0.2, 0.25) is 0 Å². The molecule has 0 atom stereocenters. The topological polar surface area (TPSA) is 92.7 Å². The van der Waals surface area contributed by atoms with E-state index in [1.165, 1.54) is 27.0 Å². The number of ether oxygens (including phenoxy) is 1. The molecule has 0 saturated carbocycles. The van der Waals surface area contributed by atoms with E-state index in [1.54, 1.807) is 18.2 Å². The molecule has 1 rings (SSSR count). The van der Waals surface area contributed by atoms with Crippen LogP contribution in [-0.4, -0.2) is 30.1 Å². The van der Waals surface area contributed by atoms with E-state index >= 15 is 0 Å². The molecule has 0 heterocycles. The number of hydrogen-bond acceptors (Lipinski definition) is 4. The van der Waals surface area contributed by atoms with Crippen molar-refractivity contribution in [1.82, 2.24) is 0 Å². The summed E-state index contributed by atoms with van der Waals surface area (Å²) >= 11 is 0. The van der Waals surface area contributed by atoms with Crippen LogP contribution in [-0.2, 0) is 14.3 Å². The van der Waals surface area contributed by atoms with Crippen LogP contribution in [0.2, 0.25) is 0 Å². The lowest BCUT2D eigenvalue weighted by Crippen LogP contribution is -2.16. The highest BCUT2D eigenvalue weighted by molar-refractivity contribution is 6.08. The van der Waals surface area contributed by atoms with Crippen molar-refractivity contribution in [3.63, 3.8) is 0 Å². The molecule has 0 spiro atoms. The Balaban J connectivity index is 2.95. The van der Waals surface area contributed by atoms with Crippen LogP contribution < -0.4 is 5.32 Å². The predicted octanol–water partition coefficient (Wildman–Crippen LogP) is 1.83. The largest absolute Gasteiger partial charge is 0.478 e. The van der Waals surface area contributed by atoms with E-state index in [0.29, 0.717) is 11.3 Å². The summed E-state index contributed by atoms with van der Waals surface area (Å²) in [6.45, 7) is 2.77. The highest BCUT2D eigenvalue weighted by Gasteiger charge is 2.13. The summed E-state index contributed by atoms with van der Waals surface area (Å²) in [4.78, 5) is 34.0. The van der Waals surface area contributed by atoms with Crippen molar-refractivity contribution >= 4 is 23.5 Å². The average Bonchev–Trinajstić information content (AvgIpc) is 2.44. The number of nitrogens with one attached hydrogen (secondary N) is 1. The third kappa shape index (κ3) is 3.68. The molecule has 6 nitrogen and oxygen atoms in total. The van der Waals surface area contributed by atoms with Gasteiger partial charge >= 0.3 is 11.9 Å². The normalized spacial score (nSPS) is 11.3. The third-order valence-corrected chi connectivity index (χ3v) is 2.77. The van der Waals surface area contributed by atoms with Gasteiger partial charge in [-0.1, -0.05) is 6.07 Å². The number of amides is 1. The van der Waals surface area contributed by atoms with E-state index in [4.69, 9.17) is 5.11 Å². The molecule has 1 aromatic carbocycles. The second-order valence-electron chi connectivity index (χ2n) is 4.08. The molecule has 0 aromatic heterocycles. The Morgan fingerprint density at radius 2 is 1.80 bits per heavy atom. The van der Waals surface area contributed by atoms with E-state index in [-0.39, 0.29) is 11.1 Å². The van der Waals surface area contributed by atoms with Crippen LogP contribution >= 0.6 is 0 Å². The van der Waals surface area contributed by atoms with Gasteiger partial charge in [-0.2, -0.15) is 0 Å². The third-order valence-electron chi connectivity index (χ3n) is 2.77. The van der Waals surface area contributed by atoms with Gasteiger partial charge in [-0.25, -0.2) is 9.59 Å². The fourth-order valence-corrected chi connectivity index (χ4v) is 1.40. The van der Waals surface area contributed by atoms with E-state index in [9.17, 15) is 14.4 Å². The summed E-state index contributed by atoms with van der Waals surface area (Å²) in [5.74, 6) is -2.21. The van der Waals surface area contributed by atoms with E-state index in [2.05, 4.69) is 10.1 Å². The molecule has 20 heavy (non-hydrogen) atoms. The minimum Gasteiger partial charge on any atom is -0.478 e. The van der Waals surface area contributed by atoms with Crippen molar-refractivity contribution in [2.24, 2.45) is 0 Å². The van der Waals surface area contributed by atoms with Crippen molar-refractivity contribution in [2.75, 3.05) is 12.4 Å². The number of methoxy groups -OCH3 is 1. The first-order chi connectivity index (χ1) is 9.36. The molecule has 0 radical (unpaired) electrons. The Morgan fingerprint density at radius 1 is 1.15 bits per heavy atom. The molecular formula is C14H15NO5. The number of aliphatic carboxylic acids is 1. The lowest BCUT2D eigenvalue weighted by atomic mass is 10.1. The monoisotopic (exact) mass is 277 g/mol. The summed E-state index contributed by atoms with van der Waals surface area (Å²) in [6.07, 6.45) is 0. The Bertz CT molecular complexity index is 589. The number of rotatable bonds is 4. The molecule has 6 heteroatoms. The molecule has 0 aliphatic carbocycles. The minimum absolute atomic E-state index is 0.0355. The molecule has 0 unspecified atom stereocenters. The maximum atomic E-state index is 11.9. The molecule has 2 N–H and O–H groups in total. The van der Waals surface area contributed by atoms with Crippen LogP contribution in [0.15, 0.2) is 35.4 Å². The zero-order valence-corrected chi connectivity index (χ0v) is 11.4. The number of anilines is 1. The molecule has 1 amide bonds. The SMILES string of the molecule is COC(=O)c1cccc(NC(=O)/C(C)=C(/C)C(=O)O)c1. The smallest absolute Gasteiger partial charge is 0.337 e. The van der Waals surface area contributed by atoms with Gasteiger partial charge in [-0.05, 0) is 32.0 Å². The highest BCUT2D eigenvalue weighted by Crippen LogP contribution is 2.14. The summed E-state index contributed by atoms with van der Waals surface area (Å²) in [5, 5.41) is 11.3. The zero-order valence-electron chi connectivity index (χ0n) is 11.4. The number of carboxylic acids is 1.